The van der Waals surface area contributed by atoms with E-state index in [1.165, 1.54) is 18.3 Å². The molecule has 1 heterocycles. The fraction of sp³-hybridized carbons (Fsp3) is 0.167. The molecule has 8 nitrogen and oxygen atoms in total. The van der Waals surface area contributed by atoms with Gasteiger partial charge in [0.15, 0.2) is 0 Å². The van der Waals surface area contributed by atoms with Crippen LogP contribution in [0.3, 0.4) is 0 Å². The molecule has 0 saturated carbocycles. The van der Waals surface area contributed by atoms with Gasteiger partial charge in [0.05, 0.1) is 22.2 Å². The lowest BCUT2D eigenvalue weighted by atomic mass is 10.2. The van der Waals surface area contributed by atoms with Gasteiger partial charge in [-0.05, 0) is 38.1 Å². The van der Waals surface area contributed by atoms with E-state index >= 15 is 0 Å². The number of hydrogen-bond donors (Lipinski definition) is 1. The number of rotatable bonds is 5. The summed E-state index contributed by atoms with van der Waals surface area (Å²) < 4.78 is 2.06. The van der Waals surface area contributed by atoms with Crippen molar-refractivity contribution in [2.45, 2.75) is 20.4 Å². The van der Waals surface area contributed by atoms with E-state index in [1.807, 2.05) is 19.9 Å². The van der Waals surface area contributed by atoms with Crippen LogP contribution in [0, 0.1) is 17.0 Å². The van der Waals surface area contributed by atoms with Gasteiger partial charge in [0, 0.05) is 23.7 Å². The van der Waals surface area contributed by atoms with Crippen LogP contribution in [0.25, 0.3) is 11.0 Å². The number of hydrogen-bond acceptors (Lipinski definition) is 5. The van der Waals surface area contributed by atoms with Crippen molar-refractivity contribution in [1.82, 2.24) is 15.0 Å². The molecule has 0 radical (unpaired) electrons. The van der Waals surface area contributed by atoms with Crippen LogP contribution in [-0.2, 0) is 6.54 Å². The summed E-state index contributed by atoms with van der Waals surface area (Å²) >= 11 is 5.76. The summed E-state index contributed by atoms with van der Waals surface area (Å²) in [4.78, 5) is 27.1. The van der Waals surface area contributed by atoms with Gasteiger partial charge in [0.1, 0.15) is 10.8 Å². The van der Waals surface area contributed by atoms with Gasteiger partial charge < -0.3 is 4.57 Å². The Labute approximate surface area is 159 Å². The smallest absolute Gasteiger partial charge is 0.288 e. The first kappa shape index (κ1) is 18.5. The SMILES string of the molecule is CCn1c(C)nc2cc(C(=O)N/N=C\c3ccc(Cl)c([N+](=O)[O-])c3)ccc21. The lowest BCUT2D eigenvalue weighted by molar-refractivity contribution is -0.384. The monoisotopic (exact) mass is 385 g/mol. The van der Waals surface area contributed by atoms with Crippen molar-refractivity contribution in [3.05, 3.63) is 68.5 Å². The number of amides is 1. The molecule has 0 saturated heterocycles. The van der Waals surface area contributed by atoms with Crippen molar-refractivity contribution in [3.63, 3.8) is 0 Å². The fourth-order valence-electron chi connectivity index (χ4n) is 2.77. The number of nitro groups is 1. The average molecular weight is 386 g/mol. The Hall–Kier alpha value is -3.26. The summed E-state index contributed by atoms with van der Waals surface area (Å²) in [7, 11) is 0. The molecule has 0 fully saturated rings. The van der Waals surface area contributed by atoms with Crippen LogP contribution in [-0.4, -0.2) is 26.6 Å². The second-order valence-corrected chi connectivity index (χ2v) is 6.18. The molecule has 0 bridgehead atoms. The van der Waals surface area contributed by atoms with Crippen molar-refractivity contribution < 1.29 is 9.72 Å². The van der Waals surface area contributed by atoms with E-state index in [-0.39, 0.29) is 10.7 Å². The van der Waals surface area contributed by atoms with Crippen LogP contribution < -0.4 is 5.43 Å². The minimum absolute atomic E-state index is 0.0382. The molecule has 1 amide bonds. The first-order valence-corrected chi connectivity index (χ1v) is 8.52. The third-order valence-electron chi connectivity index (χ3n) is 4.06. The van der Waals surface area contributed by atoms with Gasteiger partial charge in [-0.15, -0.1) is 0 Å². The molecule has 27 heavy (non-hydrogen) atoms. The van der Waals surface area contributed by atoms with Gasteiger partial charge >= 0.3 is 0 Å². The Morgan fingerprint density at radius 3 is 2.85 bits per heavy atom. The summed E-state index contributed by atoms with van der Waals surface area (Å²) in [6.07, 6.45) is 1.32. The Kier molecular flexibility index (Phi) is 5.18. The summed E-state index contributed by atoms with van der Waals surface area (Å²) in [6.45, 7) is 4.74. The molecule has 9 heteroatoms. The molecular weight excluding hydrogens is 370 g/mol. The van der Waals surface area contributed by atoms with Crippen molar-refractivity contribution in [3.8, 4) is 0 Å². The molecule has 0 spiro atoms. The number of benzene rings is 2. The third-order valence-corrected chi connectivity index (χ3v) is 4.38. The van der Waals surface area contributed by atoms with Crippen LogP contribution in [0.2, 0.25) is 5.02 Å². The highest BCUT2D eigenvalue weighted by Gasteiger charge is 2.12. The van der Waals surface area contributed by atoms with Gasteiger partial charge in [0.2, 0.25) is 0 Å². The molecule has 1 aromatic heterocycles. The summed E-state index contributed by atoms with van der Waals surface area (Å²) in [5, 5.41) is 14.8. The number of halogens is 1. The van der Waals surface area contributed by atoms with E-state index in [0.29, 0.717) is 11.1 Å². The predicted octanol–water partition coefficient (Wildman–Crippen LogP) is 3.69. The first-order chi connectivity index (χ1) is 12.9. The molecule has 0 aliphatic carbocycles. The highest BCUT2D eigenvalue weighted by molar-refractivity contribution is 6.32. The molecule has 0 aliphatic heterocycles. The number of nitro benzene ring substituents is 1. The molecule has 3 aromatic rings. The third kappa shape index (κ3) is 3.80. The predicted molar refractivity (Wildman–Crippen MR) is 103 cm³/mol. The van der Waals surface area contributed by atoms with Crippen LogP contribution in [0.4, 0.5) is 5.69 Å². The molecule has 1 N–H and O–H groups in total. The van der Waals surface area contributed by atoms with Crippen molar-refractivity contribution in [2.24, 2.45) is 5.10 Å². The quantitative estimate of drug-likeness (QED) is 0.411. The highest BCUT2D eigenvalue weighted by Crippen LogP contribution is 2.24. The van der Waals surface area contributed by atoms with Gasteiger partial charge in [-0.2, -0.15) is 5.10 Å². The van der Waals surface area contributed by atoms with Gasteiger partial charge in [0.25, 0.3) is 11.6 Å². The molecule has 138 valence electrons. The van der Waals surface area contributed by atoms with Crippen LogP contribution >= 0.6 is 11.6 Å². The normalized spacial score (nSPS) is 11.2. The lowest BCUT2D eigenvalue weighted by Crippen LogP contribution is -2.17. The number of carbonyl (C=O) groups excluding carboxylic acids is 1. The van der Waals surface area contributed by atoms with Crippen molar-refractivity contribution in [2.75, 3.05) is 0 Å². The molecule has 0 unspecified atom stereocenters. The molecule has 0 atom stereocenters. The lowest BCUT2D eigenvalue weighted by Gasteiger charge is -2.03. The maximum atomic E-state index is 12.3. The number of imidazole rings is 1. The van der Waals surface area contributed by atoms with E-state index < -0.39 is 10.8 Å². The second kappa shape index (κ2) is 7.55. The zero-order valence-corrected chi connectivity index (χ0v) is 15.4. The van der Waals surface area contributed by atoms with Gasteiger partial charge in [-0.25, -0.2) is 10.4 Å². The first-order valence-electron chi connectivity index (χ1n) is 8.15. The number of fused-ring (bicyclic) bond motifs is 1. The maximum Gasteiger partial charge on any atom is 0.288 e. The van der Waals surface area contributed by atoms with Crippen LogP contribution in [0.5, 0.6) is 0 Å². The highest BCUT2D eigenvalue weighted by atomic mass is 35.5. The number of hydrazone groups is 1. The number of carbonyl (C=O) groups is 1. The Morgan fingerprint density at radius 2 is 2.15 bits per heavy atom. The number of aryl methyl sites for hydroxylation is 2. The van der Waals surface area contributed by atoms with Crippen molar-refractivity contribution in [1.29, 1.82) is 0 Å². The van der Waals surface area contributed by atoms with Crippen LogP contribution in [0.15, 0.2) is 41.5 Å². The summed E-state index contributed by atoms with van der Waals surface area (Å²) in [5.41, 5.74) is 4.74. The summed E-state index contributed by atoms with van der Waals surface area (Å²) in [6, 6.07) is 9.50. The molecular formula is C18H16ClN5O3. The average Bonchev–Trinajstić information content (AvgIpc) is 2.96. The zero-order valence-electron chi connectivity index (χ0n) is 14.6. The van der Waals surface area contributed by atoms with Crippen molar-refractivity contribution >= 4 is 40.4 Å². The zero-order chi connectivity index (χ0) is 19.6. The number of aromatic nitrogens is 2. The van der Waals surface area contributed by atoms with Crippen LogP contribution in [0.1, 0.15) is 28.7 Å². The molecule has 2 aromatic carbocycles. The largest absolute Gasteiger partial charge is 0.329 e. The van der Waals surface area contributed by atoms with E-state index in [4.69, 9.17) is 11.6 Å². The Morgan fingerprint density at radius 1 is 1.37 bits per heavy atom. The van der Waals surface area contributed by atoms with E-state index in [1.54, 1.807) is 18.2 Å². The second-order valence-electron chi connectivity index (χ2n) is 5.77. The van der Waals surface area contributed by atoms with Gasteiger partial charge in [-0.1, -0.05) is 17.7 Å². The molecule has 0 aliphatic rings. The Bertz CT molecular complexity index is 1070. The van der Waals surface area contributed by atoms with E-state index in [0.717, 1.165) is 23.4 Å². The summed E-state index contributed by atoms with van der Waals surface area (Å²) in [5.74, 6) is 0.479. The minimum atomic E-state index is -0.578. The number of nitrogens with zero attached hydrogens (tertiary/aromatic N) is 4. The standard InChI is InChI=1S/C18H16ClN5O3/c1-3-23-11(2)21-15-9-13(5-7-16(15)23)18(25)22-20-10-12-4-6-14(19)17(8-12)24(26)27/h4-10H,3H2,1-2H3,(H,22,25)/b20-10-. The maximum absolute atomic E-state index is 12.3. The minimum Gasteiger partial charge on any atom is -0.329 e. The number of nitrogens with one attached hydrogen (secondary N) is 1. The topological polar surface area (TPSA) is 102 Å². The Balaban J connectivity index is 1.76. The van der Waals surface area contributed by atoms with Gasteiger partial charge in [-0.3, -0.25) is 14.9 Å². The fourth-order valence-corrected chi connectivity index (χ4v) is 2.96. The van der Waals surface area contributed by atoms with E-state index in [9.17, 15) is 14.9 Å². The van der Waals surface area contributed by atoms with E-state index in [2.05, 4.69) is 20.1 Å². The molecule has 3 rings (SSSR count).